The molecule has 16 atom stereocenters. The van der Waals surface area contributed by atoms with E-state index in [0.29, 0.717) is 0 Å². The SMILES string of the molecule is C.C.C.C.CCCC1CC2CC(C)C1C2.CCCC1CC2CC(C)C1C2.CCCC1CC2CC1CC2C.CCCC1CC2CC1CC2C. The van der Waals surface area contributed by atoms with Gasteiger partial charge in [0.2, 0.25) is 0 Å². The van der Waals surface area contributed by atoms with Crippen LogP contribution in [-0.2, 0) is 0 Å². The highest BCUT2D eigenvalue weighted by Gasteiger charge is 2.45. The first-order valence-electron chi connectivity index (χ1n) is 21.2. The molecule has 0 radical (unpaired) electrons. The lowest BCUT2D eigenvalue weighted by atomic mass is 9.79. The van der Waals surface area contributed by atoms with Crippen molar-refractivity contribution in [3.05, 3.63) is 0 Å². The molecule has 48 heavy (non-hydrogen) atoms. The Kier molecular flexibility index (Phi) is 20.6. The van der Waals surface area contributed by atoms with Crippen LogP contribution >= 0.6 is 0 Å². The summed E-state index contributed by atoms with van der Waals surface area (Å²) in [5.74, 6) is 17.8. The first-order valence-corrected chi connectivity index (χ1v) is 21.2. The van der Waals surface area contributed by atoms with E-state index in [-0.39, 0.29) is 29.7 Å². The summed E-state index contributed by atoms with van der Waals surface area (Å²) in [6.07, 6.45) is 30.4. The number of hydrogen-bond donors (Lipinski definition) is 0. The smallest absolute Gasteiger partial charge is 0.0357 e. The van der Waals surface area contributed by atoms with Gasteiger partial charge in [-0.3, -0.25) is 0 Å². The Morgan fingerprint density at radius 1 is 0.312 bits per heavy atom. The van der Waals surface area contributed by atoms with Gasteiger partial charge in [0.1, 0.15) is 0 Å². The molecule has 0 saturated heterocycles. The lowest BCUT2D eigenvalue weighted by Gasteiger charge is -2.26. The van der Waals surface area contributed by atoms with Crippen LogP contribution in [0.3, 0.4) is 0 Å². The molecule has 8 aliphatic carbocycles. The van der Waals surface area contributed by atoms with Crippen molar-refractivity contribution in [3.8, 4) is 0 Å². The van der Waals surface area contributed by atoms with E-state index in [2.05, 4.69) is 55.4 Å². The predicted molar refractivity (Wildman–Crippen MR) is 220 cm³/mol. The molecule has 8 fully saturated rings. The highest BCUT2D eigenvalue weighted by Crippen LogP contribution is 2.55. The Morgan fingerprint density at radius 2 is 0.646 bits per heavy atom. The monoisotopic (exact) mass is 673 g/mol. The van der Waals surface area contributed by atoms with Crippen molar-refractivity contribution in [2.45, 2.75) is 214 Å². The van der Waals surface area contributed by atoms with Gasteiger partial charge in [-0.05, 0) is 172 Å². The van der Waals surface area contributed by atoms with Gasteiger partial charge in [-0.2, -0.15) is 0 Å². The third kappa shape index (κ3) is 11.0. The summed E-state index contributed by atoms with van der Waals surface area (Å²) in [6, 6.07) is 0. The standard InChI is InChI=1S/4C11H20.4CH4/c2*1-3-4-10-6-9-5-8(2)11(10)7-9;2*1-3-4-9-6-10-7-11(9)5-8(10)2;;;;/h4*8-11H,3-7H2,1-2H3;4*1H4. The van der Waals surface area contributed by atoms with Gasteiger partial charge < -0.3 is 0 Å². The molecule has 0 nitrogen and oxygen atoms in total. The van der Waals surface area contributed by atoms with Crippen LogP contribution in [0.2, 0.25) is 0 Å². The van der Waals surface area contributed by atoms with E-state index in [9.17, 15) is 0 Å². The molecule has 8 saturated carbocycles. The minimum atomic E-state index is 0. The van der Waals surface area contributed by atoms with Gasteiger partial charge in [0.15, 0.2) is 0 Å². The molecular weight excluding hydrogens is 577 g/mol. The molecule has 16 unspecified atom stereocenters. The molecule has 8 rings (SSSR count). The van der Waals surface area contributed by atoms with E-state index in [1.807, 2.05) is 0 Å². The molecule has 0 N–H and O–H groups in total. The molecule has 0 heteroatoms. The van der Waals surface area contributed by atoms with Gasteiger partial charge in [0, 0.05) is 0 Å². The number of fused-ring (bicyclic) bond motifs is 8. The largest absolute Gasteiger partial charge is 0.0776 e. The second kappa shape index (κ2) is 21.5. The van der Waals surface area contributed by atoms with Crippen LogP contribution in [0.25, 0.3) is 0 Å². The predicted octanol–water partition coefficient (Wildman–Crippen LogP) is 16.4. The summed E-state index contributed by atoms with van der Waals surface area (Å²) < 4.78 is 0. The van der Waals surface area contributed by atoms with Gasteiger partial charge in [0.05, 0.1) is 0 Å². The van der Waals surface area contributed by atoms with E-state index in [1.165, 1.54) is 51.4 Å². The summed E-state index contributed by atoms with van der Waals surface area (Å²) >= 11 is 0. The highest BCUT2D eigenvalue weighted by atomic mass is 14.5. The summed E-state index contributed by atoms with van der Waals surface area (Å²) in [4.78, 5) is 0. The molecular formula is C48H96. The highest BCUT2D eigenvalue weighted by molar-refractivity contribution is 4.95. The molecule has 8 bridgehead atoms. The van der Waals surface area contributed by atoms with E-state index < -0.39 is 0 Å². The molecule has 0 aromatic carbocycles. The van der Waals surface area contributed by atoms with Gasteiger partial charge in [-0.15, -0.1) is 0 Å². The van der Waals surface area contributed by atoms with Crippen molar-refractivity contribution in [2.24, 2.45) is 94.7 Å². The van der Waals surface area contributed by atoms with Crippen LogP contribution in [0.5, 0.6) is 0 Å². The maximum Gasteiger partial charge on any atom is -0.0357 e. The fraction of sp³-hybridized carbons (Fsp3) is 1.00. The van der Waals surface area contributed by atoms with Gasteiger partial charge in [-0.1, -0.05) is 136 Å². The Morgan fingerprint density at radius 3 is 0.875 bits per heavy atom. The first kappa shape index (κ1) is 46.0. The van der Waals surface area contributed by atoms with Gasteiger partial charge >= 0.3 is 0 Å². The quantitative estimate of drug-likeness (QED) is 0.241. The second-order valence-corrected chi connectivity index (χ2v) is 19.0. The topological polar surface area (TPSA) is 0 Å². The minimum Gasteiger partial charge on any atom is -0.0776 e. The Labute approximate surface area is 307 Å². The van der Waals surface area contributed by atoms with Crippen molar-refractivity contribution in [3.63, 3.8) is 0 Å². The average molecular weight is 673 g/mol. The average Bonchev–Trinajstić information content (AvgIpc) is 3.84. The molecule has 0 aromatic heterocycles. The first-order chi connectivity index (χ1) is 21.2. The zero-order chi connectivity index (χ0) is 31.4. The van der Waals surface area contributed by atoms with E-state index in [0.717, 1.165) is 94.7 Å². The lowest BCUT2D eigenvalue weighted by Crippen LogP contribution is -2.17. The normalized spacial score (nSPS) is 44.5. The van der Waals surface area contributed by atoms with Crippen LogP contribution in [0.4, 0.5) is 0 Å². The Balaban J connectivity index is 0.000000311. The Bertz CT molecular complexity index is 756. The van der Waals surface area contributed by atoms with Crippen molar-refractivity contribution < 1.29 is 0 Å². The maximum absolute atomic E-state index is 2.46. The van der Waals surface area contributed by atoms with Crippen LogP contribution in [0.15, 0.2) is 0 Å². The van der Waals surface area contributed by atoms with Crippen LogP contribution in [0.1, 0.15) is 214 Å². The lowest BCUT2D eigenvalue weighted by molar-refractivity contribution is 0.240. The molecule has 8 aliphatic rings. The number of rotatable bonds is 8. The molecule has 0 spiro atoms. The van der Waals surface area contributed by atoms with Crippen LogP contribution in [0, 0.1) is 94.7 Å². The van der Waals surface area contributed by atoms with Crippen LogP contribution in [-0.4, -0.2) is 0 Å². The van der Waals surface area contributed by atoms with E-state index >= 15 is 0 Å². The zero-order valence-electron chi connectivity index (χ0n) is 31.4. The third-order valence-corrected chi connectivity index (χ3v) is 15.9. The maximum atomic E-state index is 2.46. The summed E-state index contributed by atoms with van der Waals surface area (Å²) in [5.41, 5.74) is 0. The molecule has 0 heterocycles. The summed E-state index contributed by atoms with van der Waals surface area (Å²) in [7, 11) is 0. The van der Waals surface area contributed by atoms with E-state index in [4.69, 9.17) is 0 Å². The second-order valence-electron chi connectivity index (χ2n) is 19.0. The fourth-order valence-corrected chi connectivity index (χ4v) is 14.0. The molecule has 0 aromatic rings. The Hall–Kier alpha value is 0. The van der Waals surface area contributed by atoms with Crippen molar-refractivity contribution in [1.29, 1.82) is 0 Å². The third-order valence-electron chi connectivity index (χ3n) is 15.9. The van der Waals surface area contributed by atoms with Crippen molar-refractivity contribution in [1.82, 2.24) is 0 Å². The molecule has 0 aliphatic heterocycles. The zero-order valence-corrected chi connectivity index (χ0v) is 31.4. The summed E-state index contributed by atoms with van der Waals surface area (Å²) in [6.45, 7) is 19.1. The number of hydrogen-bond acceptors (Lipinski definition) is 0. The van der Waals surface area contributed by atoms with Crippen molar-refractivity contribution in [2.75, 3.05) is 0 Å². The fourth-order valence-electron chi connectivity index (χ4n) is 14.0. The van der Waals surface area contributed by atoms with Gasteiger partial charge in [0.25, 0.3) is 0 Å². The van der Waals surface area contributed by atoms with E-state index in [1.54, 1.807) is 77.0 Å². The minimum absolute atomic E-state index is 0. The van der Waals surface area contributed by atoms with Gasteiger partial charge in [-0.25, -0.2) is 0 Å². The molecule has 0 amide bonds. The van der Waals surface area contributed by atoms with Crippen LogP contribution < -0.4 is 0 Å². The summed E-state index contributed by atoms with van der Waals surface area (Å²) in [5, 5.41) is 0. The molecule has 288 valence electrons. The van der Waals surface area contributed by atoms with Crippen molar-refractivity contribution >= 4 is 0 Å².